The van der Waals surface area contributed by atoms with Gasteiger partial charge in [-0.05, 0) is 6.92 Å². The average molecular weight is 294 g/mol. The summed E-state index contributed by atoms with van der Waals surface area (Å²) in [5.74, 6) is -0.938. The van der Waals surface area contributed by atoms with Gasteiger partial charge in [-0.1, -0.05) is 0 Å². The maximum atomic E-state index is 11.6. The largest absolute Gasteiger partial charge is 0.461 e. The highest BCUT2D eigenvalue weighted by Crippen LogP contribution is 2.00. The second-order valence-electron chi connectivity index (χ2n) is 4.26. The average Bonchev–Trinajstić information content (AvgIpc) is 3.10. The maximum Gasteiger partial charge on any atom is 0.312 e. The molecule has 10 heteroatoms. The topological polar surface area (TPSA) is 136 Å². The van der Waals surface area contributed by atoms with Crippen LogP contribution in [0.15, 0.2) is 12.4 Å². The van der Waals surface area contributed by atoms with Crippen LogP contribution in [0.25, 0.3) is 0 Å². The lowest BCUT2D eigenvalue weighted by Gasteiger charge is -2.12. The molecule has 0 radical (unpaired) electrons. The van der Waals surface area contributed by atoms with Gasteiger partial charge in [-0.2, -0.15) is 30.8 Å². The van der Waals surface area contributed by atoms with Crippen LogP contribution in [-0.2, 0) is 31.9 Å². The van der Waals surface area contributed by atoms with Crippen molar-refractivity contribution in [3.8, 4) is 0 Å². The number of hydrogen-bond acceptors (Lipinski definition) is 8. The summed E-state index contributed by atoms with van der Waals surface area (Å²) in [6.07, 6.45) is 2.33. The van der Waals surface area contributed by atoms with Crippen molar-refractivity contribution in [3.05, 3.63) is 23.8 Å². The van der Waals surface area contributed by atoms with Crippen molar-refractivity contribution < 1.29 is 19.1 Å². The molecule has 2 aromatic heterocycles. The standard InChI is InChI=1S/C11H14N6O4/c1-7(21-11(19)3-9-5-13-17-15-9)6-20-10(18)2-8-4-12-16-14-8/h4-5,7H,2-3,6H2,1H3,(H,12,14,16)(H,13,15,17). The Balaban J connectivity index is 1.65. The molecule has 2 rings (SSSR count). The number of nitrogens with one attached hydrogen (secondary N) is 2. The molecule has 112 valence electrons. The highest BCUT2D eigenvalue weighted by atomic mass is 16.6. The van der Waals surface area contributed by atoms with Crippen LogP contribution in [0.5, 0.6) is 0 Å². The van der Waals surface area contributed by atoms with Gasteiger partial charge in [-0.3, -0.25) is 9.59 Å². The minimum atomic E-state index is -0.550. The molecule has 2 heterocycles. The molecule has 1 unspecified atom stereocenters. The molecule has 0 aliphatic carbocycles. The summed E-state index contributed by atoms with van der Waals surface area (Å²) in [7, 11) is 0. The number of aromatic amines is 2. The number of nitrogens with zero attached hydrogens (tertiary/aromatic N) is 4. The van der Waals surface area contributed by atoms with E-state index in [4.69, 9.17) is 9.47 Å². The molecule has 0 aromatic carbocycles. The fourth-order valence-corrected chi connectivity index (χ4v) is 1.48. The van der Waals surface area contributed by atoms with Crippen molar-refractivity contribution in [2.75, 3.05) is 6.61 Å². The summed E-state index contributed by atoms with van der Waals surface area (Å²) in [6.45, 7) is 1.60. The number of H-pyrrole nitrogens is 2. The lowest BCUT2D eigenvalue weighted by atomic mass is 10.3. The fraction of sp³-hybridized carbons (Fsp3) is 0.455. The van der Waals surface area contributed by atoms with Crippen molar-refractivity contribution in [2.45, 2.75) is 25.9 Å². The number of carbonyl (C=O) groups excluding carboxylic acids is 2. The summed E-state index contributed by atoms with van der Waals surface area (Å²) < 4.78 is 10.1. The van der Waals surface area contributed by atoms with Crippen molar-refractivity contribution in [3.63, 3.8) is 0 Å². The Morgan fingerprint density at radius 2 is 1.67 bits per heavy atom. The number of esters is 2. The molecule has 2 N–H and O–H groups in total. The third-order valence-electron chi connectivity index (χ3n) is 2.39. The maximum absolute atomic E-state index is 11.6. The minimum absolute atomic E-state index is 0.00766. The minimum Gasteiger partial charge on any atom is -0.461 e. The second kappa shape index (κ2) is 7.12. The van der Waals surface area contributed by atoms with Gasteiger partial charge in [-0.25, -0.2) is 0 Å². The van der Waals surface area contributed by atoms with Crippen LogP contribution >= 0.6 is 0 Å². The van der Waals surface area contributed by atoms with Crippen LogP contribution in [0.3, 0.4) is 0 Å². The van der Waals surface area contributed by atoms with E-state index in [0.717, 1.165) is 0 Å². The van der Waals surface area contributed by atoms with Crippen molar-refractivity contribution in [1.29, 1.82) is 0 Å². The molecular weight excluding hydrogens is 280 g/mol. The Kier molecular flexibility index (Phi) is 4.96. The van der Waals surface area contributed by atoms with Crippen LogP contribution in [0.1, 0.15) is 18.3 Å². The van der Waals surface area contributed by atoms with Crippen LogP contribution in [0.4, 0.5) is 0 Å². The van der Waals surface area contributed by atoms with Gasteiger partial charge in [0.25, 0.3) is 0 Å². The number of hydrogen-bond donors (Lipinski definition) is 2. The van der Waals surface area contributed by atoms with E-state index in [2.05, 4.69) is 30.8 Å². The lowest BCUT2D eigenvalue weighted by Crippen LogP contribution is -2.24. The SMILES string of the molecule is CC(COC(=O)Cc1cn[nH]n1)OC(=O)Cc1cn[nH]n1. The summed E-state index contributed by atoms with van der Waals surface area (Å²) in [5, 5.41) is 19.4. The lowest BCUT2D eigenvalue weighted by molar-refractivity contribution is -0.157. The number of aromatic nitrogens is 6. The van der Waals surface area contributed by atoms with E-state index in [-0.39, 0.29) is 19.4 Å². The molecule has 0 fully saturated rings. The first kappa shape index (κ1) is 14.6. The fourth-order valence-electron chi connectivity index (χ4n) is 1.48. The number of carbonyl (C=O) groups is 2. The van der Waals surface area contributed by atoms with Gasteiger partial charge in [0.05, 0.1) is 36.6 Å². The molecule has 0 saturated heterocycles. The number of rotatable bonds is 7. The highest BCUT2D eigenvalue weighted by Gasteiger charge is 2.14. The van der Waals surface area contributed by atoms with Crippen molar-refractivity contribution >= 4 is 11.9 Å². The molecule has 0 aliphatic heterocycles. The second-order valence-corrected chi connectivity index (χ2v) is 4.26. The van der Waals surface area contributed by atoms with Gasteiger partial charge in [0.15, 0.2) is 0 Å². The normalized spacial score (nSPS) is 11.9. The molecule has 21 heavy (non-hydrogen) atoms. The summed E-state index contributed by atoms with van der Waals surface area (Å²) in [4.78, 5) is 23.0. The smallest absolute Gasteiger partial charge is 0.312 e. The molecule has 10 nitrogen and oxygen atoms in total. The zero-order chi connectivity index (χ0) is 15.1. The van der Waals surface area contributed by atoms with E-state index >= 15 is 0 Å². The van der Waals surface area contributed by atoms with E-state index in [1.54, 1.807) is 6.92 Å². The molecule has 1 atom stereocenters. The highest BCUT2D eigenvalue weighted by molar-refractivity contribution is 5.72. The van der Waals surface area contributed by atoms with Crippen LogP contribution in [0, 0.1) is 0 Å². The Labute approximate surface area is 119 Å². The van der Waals surface area contributed by atoms with Crippen LogP contribution in [-0.4, -0.2) is 55.5 Å². The molecular formula is C11H14N6O4. The quantitative estimate of drug-likeness (QED) is 0.632. The van der Waals surface area contributed by atoms with E-state index in [1.165, 1.54) is 12.4 Å². The van der Waals surface area contributed by atoms with E-state index in [0.29, 0.717) is 11.4 Å². The van der Waals surface area contributed by atoms with Crippen LogP contribution in [0.2, 0.25) is 0 Å². The van der Waals surface area contributed by atoms with Gasteiger partial charge in [0.1, 0.15) is 12.7 Å². The van der Waals surface area contributed by atoms with Gasteiger partial charge >= 0.3 is 11.9 Å². The van der Waals surface area contributed by atoms with Gasteiger partial charge < -0.3 is 9.47 Å². The first-order valence-electron chi connectivity index (χ1n) is 6.18. The molecule has 2 aromatic rings. The van der Waals surface area contributed by atoms with E-state index in [1.807, 2.05) is 0 Å². The first-order chi connectivity index (χ1) is 10.1. The summed E-state index contributed by atoms with van der Waals surface area (Å²) in [5.41, 5.74) is 0.964. The molecule has 0 bridgehead atoms. The third kappa shape index (κ3) is 5.01. The monoisotopic (exact) mass is 294 g/mol. The van der Waals surface area contributed by atoms with Crippen molar-refractivity contribution in [1.82, 2.24) is 30.8 Å². The summed E-state index contributed by atoms with van der Waals surface area (Å²) in [6, 6.07) is 0. The van der Waals surface area contributed by atoms with E-state index in [9.17, 15) is 9.59 Å². The Morgan fingerprint density at radius 3 is 2.19 bits per heavy atom. The number of ether oxygens (including phenoxy) is 2. The van der Waals surface area contributed by atoms with Crippen LogP contribution < -0.4 is 0 Å². The predicted molar refractivity (Wildman–Crippen MR) is 66.7 cm³/mol. The first-order valence-corrected chi connectivity index (χ1v) is 6.18. The van der Waals surface area contributed by atoms with Gasteiger partial charge in [0.2, 0.25) is 0 Å². The molecule has 0 aliphatic rings. The summed E-state index contributed by atoms with van der Waals surface area (Å²) >= 11 is 0. The zero-order valence-electron chi connectivity index (χ0n) is 11.3. The van der Waals surface area contributed by atoms with Crippen molar-refractivity contribution in [2.24, 2.45) is 0 Å². The Hall–Kier alpha value is -2.78. The molecule has 0 amide bonds. The predicted octanol–water partition coefficient (Wildman–Crippen LogP) is -0.817. The molecule has 0 saturated carbocycles. The van der Waals surface area contributed by atoms with Gasteiger partial charge in [-0.15, -0.1) is 0 Å². The Bertz CT molecular complexity index is 568. The van der Waals surface area contributed by atoms with E-state index < -0.39 is 18.0 Å². The van der Waals surface area contributed by atoms with Gasteiger partial charge in [0, 0.05) is 0 Å². The third-order valence-corrected chi connectivity index (χ3v) is 2.39. The Morgan fingerprint density at radius 1 is 1.10 bits per heavy atom. The molecule has 0 spiro atoms. The zero-order valence-corrected chi connectivity index (χ0v) is 11.3.